The van der Waals surface area contributed by atoms with Crippen molar-refractivity contribution in [2.24, 2.45) is 16.6 Å². The van der Waals surface area contributed by atoms with Crippen LogP contribution in [0.3, 0.4) is 0 Å². The highest BCUT2D eigenvalue weighted by atomic mass is 16.6. The third-order valence-corrected chi connectivity index (χ3v) is 18.9. The van der Waals surface area contributed by atoms with Crippen LogP contribution in [0.5, 0.6) is 28.7 Å². The predicted molar refractivity (Wildman–Crippen MR) is 469 cm³/mol. The Morgan fingerprint density at radius 3 is 0.912 bits per heavy atom. The molecule has 0 aromatic heterocycles. The Balaban J connectivity index is 0.000000222. The van der Waals surface area contributed by atoms with Gasteiger partial charge >= 0.3 is 24.1 Å². The molecule has 0 aliphatic heterocycles. The van der Waals surface area contributed by atoms with E-state index in [0.29, 0.717) is 140 Å². The minimum atomic E-state index is -0.591. The van der Waals surface area contributed by atoms with E-state index in [2.05, 4.69) is 92.5 Å². The lowest BCUT2D eigenvalue weighted by Crippen LogP contribution is -2.29. The average molecular weight is 1730 g/mol. The Morgan fingerprint density at radius 1 is 0.360 bits per heavy atom. The Hall–Kier alpha value is -11.8. The Morgan fingerprint density at radius 2 is 0.632 bits per heavy atom. The van der Waals surface area contributed by atoms with Gasteiger partial charge in [-0.1, -0.05) is 140 Å². The highest BCUT2D eigenvalue weighted by molar-refractivity contribution is 5.96. The number of hydrogen-bond acceptors (Lipinski definition) is 27. The maximum absolute atomic E-state index is 12.2. The van der Waals surface area contributed by atoms with Crippen molar-refractivity contribution < 1.29 is 116 Å². The number of carbonyl (C=O) groups is 4. The first kappa shape index (κ1) is 100. The van der Waals surface area contributed by atoms with Crippen molar-refractivity contribution in [3.05, 3.63) is 276 Å². The topological polar surface area (TPSA) is 444 Å². The molecule has 31 nitrogen and oxygen atoms in total. The zero-order valence-electron chi connectivity index (χ0n) is 71.3. The van der Waals surface area contributed by atoms with Crippen molar-refractivity contribution in [2.75, 3.05) is 159 Å². The van der Waals surface area contributed by atoms with Crippen molar-refractivity contribution in [2.45, 2.75) is 78.2 Å². The number of hydrogen-bond donors (Lipinski definition) is 10. The molecule has 0 radical (unpaired) electrons. The van der Waals surface area contributed by atoms with Gasteiger partial charge in [-0.25, -0.2) is 19.2 Å². The van der Waals surface area contributed by atoms with E-state index in [1.54, 1.807) is 36.4 Å². The number of aliphatic hydroxyl groups is 6. The summed E-state index contributed by atoms with van der Waals surface area (Å²) in [7, 11) is 2.48. The fourth-order valence-electron chi connectivity index (χ4n) is 13.0. The van der Waals surface area contributed by atoms with Crippen LogP contribution in [0, 0.1) is 0 Å². The summed E-state index contributed by atoms with van der Waals surface area (Å²) >= 11 is 0. The maximum Gasteiger partial charge on any atom is 0.407 e. The molecule has 0 saturated carbocycles. The van der Waals surface area contributed by atoms with E-state index in [1.807, 2.05) is 84.9 Å². The molecule has 31 heteroatoms. The van der Waals surface area contributed by atoms with Crippen molar-refractivity contribution in [1.82, 2.24) is 10.6 Å². The van der Waals surface area contributed by atoms with Crippen LogP contribution in [0.2, 0.25) is 0 Å². The fourth-order valence-corrected chi connectivity index (χ4v) is 13.0. The van der Waals surface area contributed by atoms with Gasteiger partial charge in [0.2, 0.25) is 0 Å². The summed E-state index contributed by atoms with van der Waals surface area (Å²) in [6.07, 6.45) is 0.879. The monoisotopic (exact) mass is 1730 g/mol. The molecular formula is C94H117N7O24. The number of ether oxygens (including phenoxy) is 14. The smallest absolute Gasteiger partial charge is 0.407 e. The Kier molecular flexibility index (Phi) is 46.9. The first-order valence-electron chi connectivity index (χ1n) is 41.2. The van der Waals surface area contributed by atoms with Crippen LogP contribution >= 0.6 is 0 Å². The highest BCUT2D eigenvalue weighted by Gasteiger charge is 2.31. The van der Waals surface area contributed by atoms with E-state index in [9.17, 15) is 34.5 Å². The number of nitrogens with one attached hydrogen (secondary N) is 2. The number of esters is 2. The molecule has 9 aromatic rings. The van der Waals surface area contributed by atoms with E-state index in [4.69, 9.17) is 89.2 Å². The minimum absolute atomic E-state index is 0.0117. The summed E-state index contributed by atoms with van der Waals surface area (Å²) in [6, 6.07) is 59.2. The van der Waals surface area contributed by atoms with Crippen LogP contribution in [0.4, 0.5) is 9.59 Å². The van der Waals surface area contributed by atoms with Crippen LogP contribution in [0.1, 0.15) is 113 Å². The zero-order chi connectivity index (χ0) is 89.6. The molecular weight excluding hydrogens is 1610 g/mol. The van der Waals surface area contributed by atoms with Crippen LogP contribution in [-0.4, -0.2) is 214 Å². The number of aryl methyl sites for hydroxylation is 2. The number of methoxy groups -OCH3 is 2. The number of nitrogens with two attached hydrogens (primary N) is 2. The van der Waals surface area contributed by atoms with Crippen molar-refractivity contribution in [3.63, 3.8) is 0 Å². The molecule has 0 fully saturated rings. The molecule has 2 aliphatic rings. The SMILES string of the molecule is CCc1cc(CO)cc(OCCOCCN)c1.CCc1cc(CO)cc(OCCOCCNC(=O)OCC2c3ccccc3-c3ccccc32)c1.COC(=O)c1cc(OCCOCCN=[N+]=[N-])cc(C(=O)OC)c1.NCCOCCOc1cc(CO)cc(CO)c1.O=C(NCCOCCOc1cc(CO)cc(CO)c1)OCC1c2ccccc2-c2ccccc21. The first-order valence-corrected chi connectivity index (χ1v) is 41.2. The van der Waals surface area contributed by atoms with Gasteiger partial charge in [0.1, 0.15) is 75.0 Å². The number of fused-ring (bicyclic) bond motifs is 6. The molecule has 0 heterocycles. The molecule has 0 unspecified atom stereocenters. The number of alkyl carbamates (subject to hydrolysis) is 2. The third kappa shape index (κ3) is 35.1. The largest absolute Gasteiger partial charge is 0.491 e. The highest BCUT2D eigenvalue weighted by Crippen LogP contribution is 2.46. The molecule has 0 atom stereocenters. The van der Waals surface area contributed by atoms with Crippen molar-refractivity contribution in [3.8, 4) is 51.0 Å². The number of amides is 2. The van der Waals surface area contributed by atoms with E-state index >= 15 is 0 Å². The quantitative estimate of drug-likeness (QED) is 0.00423. The van der Waals surface area contributed by atoms with Gasteiger partial charge in [-0.2, -0.15) is 0 Å². The number of azide groups is 1. The molecule has 2 amide bonds. The molecule has 0 spiro atoms. The minimum Gasteiger partial charge on any atom is -0.491 e. The van der Waals surface area contributed by atoms with Crippen LogP contribution in [0.15, 0.2) is 193 Å². The van der Waals surface area contributed by atoms with Crippen LogP contribution < -0.4 is 45.8 Å². The summed E-state index contributed by atoms with van der Waals surface area (Å²) in [5, 5.41) is 63.9. The normalized spacial score (nSPS) is 11.3. The van der Waals surface area contributed by atoms with Gasteiger partial charge in [0.25, 0.3) is 0 Å². The Bertz CT molecular complexity index is 4320. The van der Waals surface area contributed by atoms with E-state index in [1.165, 1.54) is 76.9 Å². The third-order valence-electron chi connectivity index (χ3n) is 18.9. The lowest BCUT2D eigenvalue weighted by Gasteiger charge is -2.14. The van der Waals surface area contributed by atoms with Crippen molar-refractivity contribution in [1.29, 1.82) is 0 Å². The summed E-state index contributed by atoms with van der Waals surface area (Å²) in [6.45, 7) is 12.1. The molecule has 0 saturated heterocycles. The number of carbonyl (C=O) groups excluding carboxylic acids is 4. The van der Waals surface area contributed by atoms with Crippen LogP contribution in [0.25, 0.3) is 32.7 Å². The second kappa shape index (κ2) is 58.4. The second-order valence-electron chi connectivity index (χ2n) is 27.7. The molecule has 125 heavy (non-hydrogen) atoms. The number of benzene rings is 9. The van der Waals surface area contributed by atoms with Gasteiger partial charge < -0.3 is 119 Å². The molecule has 9 aromatic carbocycles. The summed E-state index contributed by atoms with van der Waals surface area (Å²) < 4.78 is 74.7. The lowest BCUT2D eigenvalue weighted by molar-refractivity contribution is 0.0597. The van der Waals surface area contributed by atoms with E-state index in [0.717, 1.165) is 57.7 Å². The second-order valence-corrected chi connectivity index (χ2v) is 27.7. The summed E-state index contributed by atoms with van der Waals surface area (Å²) in [5.74, 6) is 1.90. The summed E-state index contributed by atoms with van der Waals surface area (Å²) in [5.41, 5.74) is 35.3. The van der Waals surface area contributed by atoms with Gasteiger partial charge in [0.15, 0.2) is 0 Å². The number of rotatable bonds is 47. The van der Waals surface area contributed by atoms with Crippen LogP contribution in [-0.2, 0) is 95.1 Å². The fraction of sp³-hybridized carbons (Fsp3) is 0.383. The molecule has 0 bridgehead atoms. The first-order chi connectivity index (χ1) is 61.1. The van der Waals surface area contributed by atoms with Crippen molar-refractivity contribution >= 4 is 24.1 Å². The Labute approximate surface area is 728 Å². The standard InChI is InChI=1S/C28H31NO5.C27H29NO6.C14H17N3O6.C13H21NO3.C12H19NO4/c1-2-20-15-21(18-30)17-22(16-20)33-14-13-32-12-11-29-28(31)34-19-27-25-9-5-3-7-23(25)24-8-4-6-10-26(24)27;29-16-19-13-20(17-30)15-21(14-19)33-12-11-32-10-9-28-27(31)34-18-26-24-7-3-1-5-22(24)23-6-2-4-8-25(23)26;1-20-13(18)10-7-11(14(19)21-2)9-12(8-10)23-6-5-22-4-3-16-17-15;1-2-11-7-12(10-15)9-13(8-11)17-6-5-16-4-3-14;13-1-2-16-3-4-17-12-6-10(8-14)5-11(7-12)9-15/h3-10,15-17,27,30H,2,11-14,18-19H2,1H3,(H,29,31);1-8,13-15,26,29-30H,9-12,16-18H2,(H,28,31);7-9H,3-6H2,1-2H3;7-9,15H,2-6,10,14H2,1H3;5-7,14-15H,1-4,8-9,13H2. The van der Waals surface area contributed by atoms with E-state index in [-0.39, 0.29) is 95.6 Å². The average Bonchev–Trinajstić information content (AvgIpc) is 1.62. The van der Waals surface area contributed by atoms with Gasteiger partial charge in [-0.05, 0) is 174 Å². The lowest BCUT2D eigenvalue weighted by atomic mass is 9.98. The zero-order valence-corrected chi connectivity index (χ0v) is 71.3. The molecule has 2 aliphatic carbocycles. The molecule has 672 valence electrons. The van der Waals surface area contributed by atoms with E-state index < -0.39 is 24.1 Å². The number of aliphatic hydroxyl groups excluding tert-OH is 6. The van der Waals surface area contributed by atoms with Gasteiger partial charge in [0.05, 0.1) is 131 Å². The van der Waals surface area contributed by atoms with Gasteiger partial charge in [-0.3, -0.25) is 0 Å². The molecule has 12 N–H and O–H groups in total. The van der Waals surface area contributed by atoms with Gasteiger partial charge in [-0.15, -0.1) is 0 Å². The summed E-state index contributed by atoms with van der Waals surface area (Å²) in [4.78, 5) is 50.2. The number of nitrogens with zero attached hydrogens (tertiary/aromatic N) is 3. The maximum atomic E-state index is 12.2. The molecule has 11 rings (SSSR count). The predicted octanol–water partition coefficient (Wildman–Crippen LogP) is 11.4. The van der Waals surface area contributed by atoms with Gasteiger partial charge in [0, 0.05) is 49.5 Å².